The van der Waals surface area contributed by atoms with Crippen molar-refractivity contribution in [3.63, 3.8) is 0 Å². The van der Waals surface area contributed by atoms with E-state index in [0.29, 0.717) is 6.42 Å². The van der Waals surface area contributed by atoms with Gasteiger partial charge in [0.2, 0.25) is 5.91 Å². The van der Waals surface area contributed by atoms with Crippen molar-refractivity contribution in [1.82, 2.24) is 10.3 Å². The van der Waals surface area contributed by atoms with Crippen molar-refractivity contribution in [1.29, 1.82) is 0 Å². The molecule has 1 heterocycles. The van der Waals surface area contributed by atoms with Crippen LogP contribution in [0.1, 0.15) is 24.8 Å². The Morgan fingerprint density at radius 1 is 1.39 bits per heavy atom. The molecule has 1 aromatic carbocycles. The molecular formula is C16H20N2O4S. The quantitative estimate of drug-likeness (QED) is 0.772. The number of carboxylic acids is 1. The summed E-state index contributed by atoms with van der Waals surface area (Å²) in [6.45, 7) is 1.81. The van der Waals surface area contributed by atoms with Crippen LogP contribution in [0, 0.1) is 0 Å². The summed E-state index contributed by atoms with van der Waals surface area (Å²) >= 11 is 1.57. The lowest BCUT2D eigenvalue weighted by Crippen LogP contribution is -2.50. The number of aliphatic carboxylic acids is 1. The highest BCUT2D eigenvalue weighted by molar-refractivity contribution is 7.18. The fourth-order valence-electron chi connectivity index (χ4n) is 2.43. The smallest absolute Gasteiger partial charge is 0.305 e. The van der Waals surface area contributed by atoms with Gasteiger partial charge in [-0.3, -0.25) is 9.59 Å². The number of thiazole rings is 1. The Bertz CT molecular complexity index is 667. The van der Waals surface area contributed by atoms with E-state index in [1.165, 1.54) is 7.11 Å². The standard InChI is InChI=1S/C16H20N2O4S/c1-16(10-22-2,9-15(20)21)18-13(19)7-8-14-17-11-5-3-4-6-12(11)23-14/h3-6H,7-10H2,1-2H3,(H,18,19)(H,20,21). The molecule has 124 valence electrons. The summed E-state index contributed by atoms with van der Waals surface area (Å²) in [4.78, 5) is 27.5. The summed E-state index contributed by atoms with van der Waals surface area (Å²) < 4.78 is 6.12. The number of hydrogen-bond donors (Lipinski definition) is 2. The number of aryl methyl sites for hydroxylation is 1. The SMILES string of the molecule is COCC(C)(CC(=O)O)NC(=O)CCc1nc2ccccc2s1. The average Bonchev–Trinajstić information content (AvgIpc) is 2.87. The van der Waals surface area contributed by atoms with Crippen LogP contribution in [0.15, 0.2) is 24.3 Å². The van der Waals surface area contributed by atoms with E-state index >= 15 is 0 Å². The van der Waals surface area contributed by atoms with Gasteiger partial charge in [0, 0.05) is 20.0 Å². The number of rotatable bonds is 8. The van der Waals surface area contributed by atoms with Crippen LogP contribution in [-0.4, -0.2) is 41.2 Å². The molecule has 2 rings (SSSR count). The van der Waals surface area contributed by atoms with Crippen LogP contribution in [-0.2, 0) is 20.7 Å². The number of carboxylic acid groups (broad SMARTS) is 1. The molecule has 1 unspecified atom stereocenters. The highest BCUT2D eigenvalue weighted by Gasteiger charge is 2.29. The van der Waals surface area contributed by atoms with E-state index in [1.54, 1.807) is 18.3 Å². The molecule has 0 spiro atoms. The predicted octanol–water partition coefficient (Wildman–Crippen LogP) is 2.22. The zero-order chi connectivity index (χ0) is 16.9. The number of nitrogens with zero attached hydrogens (tertiary/aromatic N) is 1. The summed E-state index contributed by atoms with van der Waals surface area (Å²) in [7, 11) is 1.48. The van der Waals surface area contributed by atoms with Crippen LogP contribution in [0.4, 0.5) is 0 Å². The first-order chi connectivity index (χ1) is 10.9. The molecule has 0 aliphatic heterocycles. The van der Waals surface area contributed by atoms with Gasteiger partial charge in [-0.25, -0.2) is 4.98 Å². The lowest BCUT2D eigenvalue weighted by molar-refractivity contribution is -0.139. The van der Waals surface area contributed by atoms with Crippen molar-refractivity contribution in [3.8, 4) is 0 Å². The van der Waals surface area contributed by atoms with Crippen molar-refractivity contribution in [2.24, 2.45) is 0 Å². The van der Waals surface area contributed by atoms with Gasteiger partial charge in [0.1, 0.15) is 0 Å². The average molecular weight is 336 g/mol. The maximum atomic E-state index is 12.1. The van der Waals surface area contributed by atoms with E-state index in [4.69, 9.17) is 9.84 Å². The third kappa shape index (κ3) is 5.01. The molecule has 6 nitrogen and oxygen atoms in total. The van der Waals surface area contributed by atoms with Gasteiger partial charge in [-0.05, 0) is 19.1 Å². The summed E-state index contributed by atoms with van der Waals surface area (Å²) in [5.41, 5.74) is 0.0219. The Balaban J connectivity index is 1.94. The summed E-state index contributed by atoms with van der Waals surface area (Å²) in [5.74, 6) is -1.18. The van der Waals surface area contributed by atoms with Crippen molar-refractivity contribution >= 4 is 33.4 Å². The van der Waals surface area contributed by atoms with Crippen molar-refractivity contribution in [2.45, 2.75) is 31.7 Å². The lowest BCUT2D eigenvalue weighted by Gasteiger charge is -2.28. The van der Waals surface area contributed by atoms with E-state index in [9.17, 15) is 9.59 Å². The summed E-state index contributed by atoms with van der Waals surface area (Å²) in [6, 6.07) is 7.83. The van der Waals surface area contributed by atoms with E-state index in [0.717, 1.165) is 15.2 Å². The predicted molar refractivity (Wildman–Crippen MR) is 88.6 cm³/mol. The molecule has 7 heteroatoms. The molecule has 2 aromatic rings. The van der Waals surface area contributed by atoms with Gasteiger partial charge in [0.05, 0.1) is 33.8 Å². The fourth-order valence-corrected chi connectivity index (χ4v) is 3.40. The Morgan fingerprint density at radius 2 is 2.13 bits per heavy atom. The maximum Gasteiger partial charge on any atom is 0.305 e. The third-order valence-electron chi connectivity index (χ3n) is 3.35. The highest BCUT2D eigenvalue weighted by Crippen LogP contribution is 2.22. The molecule has 1 atom stereocenters. The van der Waals surface area contributed by atoms with Gasteiger partial charge < -0.3 is 15.2 Å². The topological polar surface area (TPSA) is 88.5 Å². The lowest BCUT2D eigenvalue weighted by atomic mass is 9.98. The molecule has 1 amide bonds. The van der Waals surface area contributed by atoms with Crippen molar-refractivity contribution in [3.05, 3.63) is 29.3 Å². The number of nitrogens with one attached hydrogen (secondary N) is 1. The van der Waals surface area contributed by atoms with Gasteiger partial charge in [-0.15, -0.1) is 11.3 Å². The Morgan fingerprint density at radius 3 is 2.78 bits per heavy atom. The number of hydrogen-bond acceptors (Lipinski definition) is 5. The van der Waals surface area contributed by atoms with Crippen LogP contribution in [0.3, 0.4) is 0 Å². The molecular weight excluding hydrogens is 316 g/mol. The minimum atomic E-state index is -0.976. The molecule has 0 aliphatic carbocycles. The largest absolute Gasteiger partial charge is 0.481 e. The summed E-state index contributed by atoms with van der Waals surface area (Å²) in [6.07, 6.45) is 0.605. The first-order valence-electron chi connectivity index (χ1n) is 7.28. The van der Waals surface area contributed by atoms with Gasteiger partial charge in [0.25, 0.3) is 0 Å². The van der Waals surface area contributed by atoms with Crippen LogP contribution in [0.25, 0.3) is 10.2 Å². The molecule has 23 heavy (non-hydrogen) atoms. The fraction of sp³-hybridized carbons (Fsp3) is 0.438. The second-order valence-corrected chi connectivity index (χ2v) is 6.80. The second-order valence-electron chi connectivity index (χ2n) is 5.69. The first-order valence-corrected chi connectivity index (χ1v) is 8.10. The van der Waals surface area contributed by atoms with E-state index < -0.39 is 11.5 Å². The molecule has 0 aliphatic rings. The number of methoxy groups -OCH3 is 1. The van der Waals surface area contributed by atoms with Gasteiger partial charge in [-0.1, -0.05) is 12.1 Å². The number of carbonyl (C=O) groups excluding carboxylic acids is 1. The van der Waals surface area contributed by atoms with Crippen LogP contribution in [0.2, 0.25) is 0 Å². The molecule has 0 saturated heterocycles. The van der Waals surface area contributed by atoms with Crippen LogP contribution >= 0.6 is 11.3 Å². The highest BCUT2D eigenvalue weighted by atomic mass is 32.1. The molecule has 0 radical (unpaired) electrons. The van der Waals surface area contributed by atoms with E-state index in [2.05, 4.69) is 10.3 Å². The summed E-state index contributed by atoms with van der Waals surface area (Å²) in [5, 5.41) is 12.6. The third-order valence-corrected chi connectivity index (χ3v) is 4.45. The maximum absolute atomic E-state index is 12.1. The molecule has 1 aromatic heterocycles. The van der Waals surface area contributed by atoms with Crippen molar-refractivity contribution in [2.75, 3.05) is 13.7 Å². The van der Waals surface area contributed by atoms with Crippen molar-refractivity contribution < 1.29 is 19.4 Å². The van der Waals surface area contributed by atoms with Gasteiger partial charge >= 0.3 is 5.97 Å². The van der Waals surface area contributed by atoms with Crippen LogP contribution in [0.5, 0.6) is 0 Å². The number of carbonyl (C=O) groups is 2. The zero-order valence-electron chi connectivity index (χ0n) is 13.2. The molecule has 2 N–H and O–H groups in total. The molecule has 0 saturated carbocycles. The minimum absolute atomic E-state index is 0.145. The van der Waals surface area contributed by atoms with Crippen LogP contribution < -0.4 is 5.32 Å². The second kappa shape index (κ2) is 7.52. The number of ether oxygens (including phenoxy) is 1. The number of amides is 1. The van der Waals surface area contributed by atoms with Gasteiger partial charge in [0.15, 0.2) is 0 Å². The minimum Gasteiger partial charge on any atom is -0.481 e. The number of aromatic nitrogens is 1. The Labute approximate surface area is 138 Å². The molecule has 0 bridgehead atoms. The number of benzene rings is 1. The normalized spacial score (nSPS) is 13.7. The Kier molecular flexibility index (Phi) is 5.68. The molecule has 0 fully saturated rings. The number of para-hydroxylation sites is 1. The van der Waals surface area contributed by atoms with E-state index in [-0.39, 0.29) is 25.4 Å². The first kappa shape index (κ1) is 17.4. The van der Waals surface area contributed by atoms with Gasteiger partial charge in [-0.2, -0.15) is 0 Å². The number of fused-ring (bicyclic) bond motifs is 1. The zero-order valence-corrected chi connectivity index (χ0v) is 14.0. The Hall–Kier alpha value is -1.99. The monoisotopic (exact) mass is 336 g/mol. The van der Waals surface area contributed by atoms with E-state index in [1.807, 2.05) is 24.3 Å².